The van der Waals surface area contributed by atoms with Gasteiger partial charge in [0.15, 0.2) is 9.84 Å². The normalized spacial score (nSPS) is 21.4. The Kier molecular flexibility index (Phi) is 3.33. The van der Waals surface area contributed by atoms with Crippen LogP contribution in [-0.2, 0) is 19.4 Å². The van der Waals surface area contributed by atoms with Crippen LogP contribution in [0.1, 0.15) is 33.6 Å². The molecule has 1 unspecified atom stereocenters. The molecule has 23 heavy (non-hydrogen) atoms. The van der Waals surface area contributed by atoms with Crippen molar-refractivity contribution in [2.75, 3.05) is 6.26 Å². The van der Waals surface area contributed by atoms with Crippen molar-refractivity contribution in [2.24, 2.45) is 0 Å². The van der Waals surface area contributed by atoms with Gasteiger partial charge in [-0.25, -0.2) is 8.42 Å². The second-order valence-electron chi connectivity index (χ2n) is 5.40. The maximum absolute atomic E-state index is 12.6. The molecule has 2 aliphatic heterocycles. The number of sulfone groups is 1. The van der Waals surface area contributed by atoms with Gasteiger partial charge in [0.1, 0.15) is 6.04 Å². The van der Waals surface area contributed by atoms with E-state index in [0.717, 1.165) is 11.2 Å². The Morgan fingerprint density at radius 3 is 2.43 bits per heavy atom. The zero-order valence-electron chi connectivity index (χ0n) is 12.0. The number of benzene rings is 1. The SMILES string of the molecule is CS(=O)(=O)c1cccc2c1C(=O)N(C1CCC(=O)NC1=O)C2=O. The minimum atomic E-state index is -3.72. The van der Waals surface area contributed by atoms with E-state index in [2.05, 4.69) is 5.32 Å². The van der Waals surface area contributed by atoms with Gasteiger partial charge in [-0.15, -0.1) is 0 Å². The van der Waals surface area contributed by atoms with Crippen molar-refractivity contribution in [3.05, 3.63) is 29.3 Å². The summed E-state index contributed by atoms with van der Waals surface area (Å²) in [6.07, 6.45) is 0.960. The van der Waals surface area contributed by atoms with Crippen molar-refractivity contribution in [3.63, 3.8) is 0 Å². The summed E-state index contributed by atoms with van der Waals surface area (Å²) in [5.74, 6) is -2.78. The fraction of sp³-hybridized carbons (Fsp3) is 0.286. The Labute approximate surface area is 131 Å². The third-order valence-corrected chi connectivity index (χ3v) is 4.97. The Balaban J connectivity index is 2.08. The quantitative estimate of drug-likeness (QED) is 0.727. The van der Waals surface area contributed by atoms with Crippen molar-refractivity contribution in [1.29, 1.82) is 0 Å². The van der Waals surface area contributed by atoms with E-state index in [1.807, 2.05) is 0 Å². The van der Waals surface area contributed by atoms with Gasteiger partial charge in [0.05, 0.1) is 16.0 Å². The lowest BCUT2D eigenvalue weighted by Gasteiger charge is -2.27. The molecule has 0 bridgehead atoms. The average Bonchev–Trinajstić information content (AvgIpc) is 2.71. The highest BCUT2D eigenvalue weighted by atomic mass is 32.2. The number of carbonyl (C=O) groups excluding carboxylic acids is 4. The molecule has 1 aromatic rings. The van der Waals surface area contributed by atoms with E-state index in [0.29, 0.717) is 0 Å². The number of rotatable bonds is 2. The van der Waals surface area contributed by atoms with Crippen molar-refractivity contribution in [3.8, 4) is 0 Å². The van der Waals surface area contributed by atoms with Gasteiger partial charge in [0, 0.05) is 12.7 Å². The van der Waals surface area contributed by atoms with Gasteiger partial charge in [0.2, 0.25) is 11.8 Å². The topological polar surface area (TPSA) is 118 Å². The number of nitrogens with one attached hydrogen (secondary N) is 1. The molecule has 0 saturated carbocycles. The highest BCUT2D eigenvalue weighted by molar-refractivity contribution is 7.90. The smallest absolute Gasteiger partial charge is 0.263 e. The van der Waals surface area contributed by atoms with Crippen LogP contribution >= 0.6 is 0 Å². The largest absolute Gasteiger partial charge is 0.295 e. The van der Waals surface area contributed by atoms with Gasteiger partial charge >= 0.3 is 0 Å². The second kappa shape index (κ2) is 4.98. The fourth-order valence-corrected chi connectivity index (χ4v) is 3.69. The summed E-state index contributed by atoms with van der Waals surface area (Å²) >= 11 is 0. The number of fused-ring (bicyclic) bond motifs is 1. The highest BCUT2D eigenvalue weighted by Gasteiger charge is 2.46. The molecule has 0 spiro atoms. The molecule has 3 rings (SSSR count). The zero-order chi connectivity index (χ0) is 16.9. The van der Waals surface area contributed by atoms with E-state index in [4.69, 9.17) is 0 Å². The van der Waals surface area contributed by atoms with Crippen LogP contribution in [0.5, 0.6) is 0 Å². The van der Waals surface area contributed by atoms with E-state index in [-0.39, 0.29) is 28.9 Å². The third kappa shape index (κ3) is 2.33. The number of carbonyl (C=O) groups is 4. The van der Waals surface area contributed by atoms with Crippen molar-refractivity contribution in [2.45, 2.75) is 23.8 Å². The first-order chi connectivity index (χ1) is 10.7. The number of amides is 4. The molecule has 1 fully saturated rings. The fourth-order valence-electron chi connectivity index (χ4n) is 2.79. The van der Waals surface area contributed by atoms with Crippen LogP contribution in [0.15, 0.2) is 23.1 Å². The molecule has 0 aliphatic carbocycles. The zero-order valence-corrected chi connectivity index (χ0v) is 12.8. The van der Waals surface area contributed by atoms with Gasteiger partial charge in [-0.1, -0.05) is 6.07 Å². The van der Waals surface area contributed by atoms with Crippen LogP contribution in [0.3, 0.4) is 0 Å². The minimum Gasteiger partial charge on any atom is -0.295 e. The summed E-state index contributed by atoms with van der Waals surface area (Å²) in [6.45, 7) is 0. The predicted octanol–water partition coefficient (Wildman–Crippen LogP) is -0.509. The monoisotopic (exact) mass is 336 g/mol. The van der Waals surface area contributed by atoms with Gasteiger partial charge in [-0.3, -0.25) is 29.4 Å². The summed E-state index contributed by atoms with van der Waals surface area (Å²) < 4.78 is 23.7. The Morgan fingerprint density at radius 1 is 1.13 bits per heavy atom. The van der Waals surface area contributed by atoms with Crippen LogP contribution in [0.25, 0.3) is 0 Å². The first kappa shape index (κ1) is 15.3. The van der Waals surface area contributed by atoms with E-state index >= 15 is 0 Å². The molecule has 2 aliphatic rings. The average molecular weight is 336 g/mol. The molecule has 0 radical (unpaired) electrons. The maximum atomic E-state index is 12.6. The van der Waals surface area contributed by atoms with Crippen LogP contribution in [0.4, 0.5) is 0 Å². The van der Waals surface area contributed by atoms with Crippen molar-refractivity contribution in [1.82, 2.24) is 10.2 Å². The third-order valence-electron chi connectivity index (χ3n) is 3.83. The van der Waals surface area contributed by atoms with Crippen LogP contribution < -0.4 is 5.32 Å². The molecule has 1 N–H and O–H groups in total. The number of hydrogen-bond donors (Lipinski definition) is 1. The Hall–Kier alpha value is -2.55. The number of hydrogen-bond acceptors (Lipinski definition) is 6. The van der Waals surface area contributed by atoms with Crippen LogP contribution in [-0.4, -0.2) is 49.2 Å². The van der Waals surface area contributed by atoms with Gasteiger partial charge < -0.3 is 0 Å². The Morgan fingerprint density at radius 2 is 1.83 bits per heavy atom. The summed E-state index contributed by atoms with van der Waals surface area (Å²) in [5, 5.41) is 2.08. The van der Waals surface area contributed by atoms with Gasteiger partial charge in [0.25, 0.3) is 11.8 Å². The number of imide groups is 2. The Bertz CT molecular complexity index is 873. The molecule has 8 nitrogen and oxygen atoms in total. The highest BCUT2D eigenvalue weighted by Crippen LogP contribution is 2.31. The molecule has 1 atom stereocenters. The van der Waals surface area contributed by atoms with Crippen LogP contribution in [0, 0.1) is 0 Å². The summed E-state index contributed by atoms with van der Waals surface area (Å²) in [4.78, 5) is 48.6. The molecule has 2 heterocycles. The molecule has 4 amide bonds. The number of nitrogens with zero attached hydrogens (tertiary/aromatic N) is 1. The number of piperidine rings is 1. The summed E-state index contributed by atoms with van der Waals surface area (Å²) in [5.41, 5.74) is -0.271. The standard InChI is InChI=1S/C14H12N2O6S/c1-23(21,22)9-4-2-3-7-11(9)14(20)16(13(7)19)8-5-6-10(17)15-12(8)18/h2-4,8H,5-6H2,1H3,(H,15,17,18). The van der Waals surface area contributed by atoms with E-state index in [1.165, 1.54) is 18.2 Å². The molecule has 120 valence electrons. The van der Waals surface area contributed by atoms with Gasteiger partial charge in [-0.2, -0.15) is 0 Å². The van der Waals surface area contributed by atoms with E-state index < -0.39 is 39.5 Å². The molecule has 0 aromatic heterocycles. The lowest BCUT2D eigenvalue weighted by molar-refractivity contribution is -0.136. The molecule has 1 aromatic carbocycles. The summed E-state index contributed by atoms with van der Waals surface area (Å²) in [6, 6.07) is 2.84. The molecular weight excluding hydrogens is 324 g/mol. The predicted molar refractivity (Wildman–Crippen MR) is 76.2 cm³/mol. The van der Waals surface area contributed by atoms with E-state index in [1.54, 1.807) is 0 Å². The van der Waals surface area contributed by atoms with Crippen molar-refractivity contribution >= 4 is 33.5 Å². The second-order valence-corrected chi connectivity index (χ2v) is 7.38. The first-order valence-corrected chi connectivity index (χ1v) is 8.65. The van der Waals surface area contributed by atoms with Crippen molar-refractivity contribution < 1.29 is 27.6 Å². The first-order valence-electron chi connectivity index (χ1n) is 6.76. The lowest BCUT2D eigenvalue weighted by Crippen LogP contribution is -2.54. The lowest BCUT2D eigenvalue weighted by atomic mass is 10.0. The summed E-state index contributed by atoms with van der Waals surface area (Å²) in [7, 11) is -3.72. The maximum Gasteiger partial charge on any atom is 0.263 e. The molecule has 9 heteroatoms. The van der Waals surface area contributed by atoms with E-state index in [9.17, 15) is 27.6 Å². The molecular formula is C14H12N2O6S. The van der Waals surface area contributed by atoms with Gasteiger partial charge in [-0.05, 0) is 18.6 Å². The van der Waals surface area contributed by atoms with Crippen LogP contribution in [0.2, 0.25) is 0 Å². The minimum absolute atomic E-state index is 0.00272. The molecule has 1 saturated heterocycles.